The minimum absolute atomic E-state index is 0.391. The molecule has 0 aromatic carbocycles. The molecule has 1 unspecified atom stereocenters. The number of methoxy groups -OCH3 is 1. The fourth-order valence-electron chi connectivity index (χ4n) is 0.569. The zero-order valence-electron chi connectivity index (χ0n) is 6.75. The molecule has 3 nitrogen and oxygen atoms in total. The van der Waals surface area contributed by atoms with Gasteiger partial charge in [0, 0.05) is 25.7 Å². The van der Waals surface area contributed by atoms with Gasteiger partial charge >= 0.3 is 0 Å². The summed E-state index contributed by atoms with van der Waals surface area (Å²) in [6.45, 7) is 1.76. The number of halogens is 1. The van der Waals surface area contributed by atoms with E-state index in [0.717, 1.165) is 6.42 Å². The van der Waals surface area contributed by atoms with Crippen LogP contribution in [0.3, 0.4) is 0 Å². The van der Waals surface area contributed by atoms with Gasteiger partial charge in [-0.2, -0.15) is 0 Å². The van der Waals surface area contributed by atoms with Crippen LogP contribution >= 0.6 is 15.9 Å². The first kappa shape index (κ1) is 11.4. The van der Waals surface area contributed by atoms with Gasteiger partial charge in [0.15, 0.2) is 0 Å². The molecule has 0 aliphatic carbocycles. The Bertz CT molecular complexity index is 80.1. The average Bonchev–Trinajstić information content (AvgIpc) is 2.04. The molecule has 4 heteroatoms. The van der Waals surface area contributed by atoms with Gasteiger partial charge in [-0.1, -0.05) is 15.9 Å². The van der Waals surface area contributed by atoms with Crippen LogP contribution in [-0.2, 0) is 9.47 Å². The van der Waals surface area contributed by atoms with Gasteiger partial charge in [0.25, 0.3) is 0 Å². The van der Waals surface area contributed by atoms with E-state index in [1.54, 1.807) is 7.11 Å². The van der Waals surface area contributed by atoms with E-state index >= 15 is 0 Å². The minimum Gasteiger partial charge on any atom is -0.390 e. The van der Waals surface area contributed by atoms with Crippen LogP contribution in [0.2, 0.25) is 0 Å². The average molecular weight is 227 g/mol. The molecule has 0 fully saturated rings. The molecule has 1 atom stereocenters. The lowest BCUT2D eigenvalue weighted by Crippen LogP contribution is -2.17. The van der Waals surface area contributed by atoms with Crippen LogP contribution in [0.1, 0.15) is 6.42 Å². The summed E-state index contributed by atoms with van der Waals surface area (Å²) in [4.78, 5) is 0. The van der Waals surface area contributed by atoms with Crippen molar-refractivity contribution in [2.75, 3.05) is 32.3 Å². The molecule has 0 saturated heterocycles. The predicted molar refractivity (Wildman–Crippen MR) is 47.1 cm³/mol. The van der Waals surface area contributed by atoms with Crippen LogP contribution in [0.4, 0.5) is 0 Å². The molecule has 0 bridgehead atoms. The summed E-state index contributed by atoms with van der Waals surface area (Å²) in [5.74, 6) is 0. The molecule has 68 valence electrons. The van der Waals surface area contributed by atoms with Crippen LogP contribution in [0.15, 0.2) is 0 Å². The third-order valence-corrected chi connectivity index (χ3v) is 1.87. The number of hydrogen-bond donors (Lipinski definition) is 1. The van der Waals surface area contributed by atoms with Crippen LogP contribution < -0.4 is 0 Å². The lowest BCUT2D eigenvalue weighted by molar-refractivity contribution is 0.0395. The van der Waals surface area contributed by atoms with Gasteiger partial charge in [-0.25, -0.2) is 0 Å². The van der Waals surface area contributed by atoms with E-state index in [1.807, 2.05) is 0 Å². The van der Waals surface area contributed by atoms with Crippen molar-refractivity contribution in [3.05, 3.63) is 0 Å². The van der Waals surface area contributed by atoms with Crippen molar-refractivity contribution >= 4 is 15.9 Å². The van der Waals surface area contributed by atoms with Gasteiger partial charge in [0.2, 0.25) is 0 Å². The highest BCUT2D eigenvalue weighted by Crippen LogP contribution is 1.92. The van der Waals surface area contributed by atoms with Crippen molar-refractivity contribution < 1.29 is 14.6 Å². The second-order valence-corrected chi connectivity index (χ2v) is 2.88. The number of ether oxygens (including phenoxy) is 2. The number of aliphatic hydroxyl groups is 1. The molecule has 0 amide bonds. The van der Waals surface area contributed by atoms with E-state index in [-0.39, 0.29) is 0 Å². The summed E-state index contributed by atoms with van der Waals surface area (Å²) in [7, 11) is 1.66. The monoisotopic (exact) mass is 226 g/mol. The molecule has 0 aliphatic heterocycles. The second kappa shape index (κ2) is 8.46. The normalized spacial score (nSPS) is 13.4. The Morgan fingerprint density at radius 3 is 2.73 bits per heavy atom. The number of hydrogen-bond acceptors (Lipinski definition) is 3. The molecule has 0 aliphatic rings. The Labute approximate surface area is 75.8 Å². The Balaban J connectivity index is 2.89. The van der Waals surface area contributed by atoms with Crippen molar-refractivity contribution in [1.82, 2.24) is 0 Å². The molecule has 0 aromatic heterocycles. The van der Waals surface area contributed by atoms with E-state index in [0.29, 0.717) is 25.2 Å². The fraction of sp³-hybridized carbons (Fsp3) is 1.00. The fourth-order valence-corrected chi connectivity index (χ4v) is 0.756. The Hall–Kier alpha value is 0.360. The molecule has 0 heterocycles. The molecule has 0 rings (SSSR count). The summed E-state index contributed by atoms with van der Waals surface area (Å²) in [6, 6.07) is 0. The van der Waals surface area contributed by atoms with Gasteiger partial charge in [0.05, 0.1) is 12.7 Å². The summed E-state index contributed by atoms with van der Waals surface area (Å²) in [6.07, 6.45) is 0.489. The van der Waals surface area contributed by atoms with E-state index < -0.39 is 6.10 Å². The first-order valence-corrected chi connectivity index (χ1v) is 4.74. The van der Waals surface area contributed by atoms with Gasteiger partial charge in [-0.15, -0.1) is 0 Å². The van der Waals surface area contributed by atoms with Crippen molar-refractivity contribution in [2.24, 2.45) is 0 Å². The van der Waals surface area contributed by atoms with E-state index in [4.69, 9.17) is 14.6 Å². The highest BCUT2D eigenvalue weighted by Gasteiger charge is 1.99. The van der Waals surface area contributed by atoms with E-state index in [2.05, 4.69) is 15.9 Å². The lowest BCUT2D eigenvalue weighted by atomic mass is 10.4. The molecule has 0 aromatic rings. The molecule has 1 N–H and O–H groups in total. The molecule has 0 saturated carbocycles. The minimum atomic E-state index is -0.391. The zero-order chi connectivity index (χ0) is 8.53. The first-order chi connectivity index (χ1) is 5.31. The maximum atomic E-state index is 9.01. The van der Waals surface area contributed by atoms with Gasteiger partial charge < -0.3 is 14.6 Å². The second-order valence-electron chi connectivity index (χ2n) is 2.23. The zero-order valence-corrected chi connectivity index (χ0v) is 8.34. The van der Waals surface area contributed by atoms with Crippen molar-refractivity contribution in [1.29, 1.82) is 0 Å². The lowest BCUT2D eigenvalue weighted by Gasteiger charge is -2.07. The van der Waals surface area contributed by atoms with E-state index in [9.17, 15) is 0 Å². The number of aliphatic hydroxyl groups excluding tert-OH is 1. The summed E-state index contributed by atoms with van der Waals surface area (Å²) >= 11 is 3.14. The van der Waals surface area contributed by atoms with Crippen LogP contribution in [-0.4, -0.2) is 43.5 Å². The van der Waals surface area contributed by atoms with Crippen molar-refractivity contribution in [3.8, 4) is 0 Å². The molecule has 11 heavy (non-hydrogen) atoms. The van der Waals surface area contributed by atoms with Gasteiger partial charge in [-0.05, 0) is 6.42 Å². The van der Waals surface area contributed by atoms with Gasteiger partial charge in [-0.3, -0.25) is 0 Å². The summed E-state index contributed by atoms with van der Waals surface area (Å²) in [5, 5.41) is 9.58. The maximum Gasteiger partial charge on any atom is 0.0870 e. The van der Waals surface area contributed by atoms with Gasteiger partial charge in [0.1, 0.15) is 0 Å². The number of alkyl halides is 1. The Kier molecular flexibility index (Phi) is 8.73. The first-order valence-electron chi connectivity index (χ1n) is 3.62. The SMILES string of the molecule is COCCCOCC(O)CBr. The number of rotatable bonds is 7. The van der Waals surface area contributed by atoms with E-state index in [1.165, 1.54) is 0 Å². The Morgan fingerprint density at radius 1 is 1.45 bits per heavy atom. The largest absolute Gasteiger partial charge is 0.390 e. The van der Waals surface area contributed by atoms with Crippen LogP contribution in [0, 0.1) is 0 Å². The molecular weight excluding hydrogens is 212 g/mol. The standard InChI is InChI=1S/C7H15BrO3/c1-10-3-2-4-11-6-7(9)5-8/h7,9H,2-6H2,1H3. The third-order valence-electron chi connectivity index (χ3n) is 1.13. The predicted octanol–water partition coefficient (Wildman–Crippen LogP) is 0.795. The van der Waals surface area contributed by atoms with Crippen LogP contribution in [0.25, 0.3) is 0 Å². The highest BCUT2D eigenvalue weighted by atomic mass is 79.9. The topological polar surface area (TPSA) is 38.7 Å². The molecule has 0 spiro atoms. The Morgan fingerprint density at radius 2 is 2.18 bits per heavy atom. The van der Waals surface area contributed by atoms with Crippen molar-refractivity contribution in [3.63, 3.8) is 0 Å². The smallest absolute Gasteiger partial charge is 0.0870 e. The van der Waals surface area contributed by atoms with Crippen molar-refractivity contribution in [2.45, 2.75) is 12.5 Å². The highest BCUT2D eigenvalue weighted by molar-refractivity contribution is 9.09. The summed E-state index contributed by atoms with van der Waals surface area (Å²) < 4.78 is 9.95. The molecular formula is C7H15BrO3. The van der Waals surface area contributed by atoms with Crippen LogP contribution in [0.5, 0.6) is 0 Å². The summed E-state index contributed by atoms with van der Waals surface area (Å²) in [5.41, 5.74) is 0. The quantitative estimate of drug-likeness (QED) is 0.516. The third kappa shape index (κ3) is 8.26. The molecule has 0 radical (unpaired) electrons. The maximum absolute atomic E-state index is 9.01.